The Hall–Kier alpha value is -1.91. The van der Waals surface area contributed by atoms with Crippen molar-refractivity contribution in [1.29, 1.82) is 0 Å². The van der Waals surface area contributed by atoms with Gasteiger partial charge >= 0.3 is 5.97 Å². The molecule has 2 aliphatic rings. The van der Waals surface area contributed by atoms with Crippen LogP contribution in [0, 0.1) is 17.7 Å². The van der Waals surface area contributed by atoms with E-state index in [4.69, 9.17) is 5.11 Å². The van der Waals surface area contributed by atoms with Gasteiger partial charge in [0.15, 0.2) is 0 Å². The fourth-order valence-corrected chi connectivity index (χ4v) is 3.34. The lowest BCUT2D eigenvalue weighted by Crippen LogP contribution is -2.38. The number of carboxylic acid groups (broad SMARTS) is 1. The molecular formula is C16H18FNO3. The van der Waals surface area contributed by atoms with Gasteiger partial charge in [0.1, 0.15) is 5.82 Å². The number of likely N-dealkylation sites (tertiary alicyclic amines) is 1. The highest BCUT2D eigenvalue weighted by molar-refractivity contribution is 5.84. The summed E-state index contributed by atoms with van der Waals surface area (Å²) in [7, 11) is 0. The molecule has 0 radical (unpaired) electrons. The lowest BCUT2D eigenvalue weighted by atomic mass is 10.0. The van der Waals surface area contributed by atoms with E-state index in [-0.39, 0.29) is 29.6 Å². The molecule has 112 valence electrons. The summed E-state index contributed by atoms with van der Waals surface area (Å²) in [6, 6.07) is 6.02. The van der Waals surface area contributed by atoms with Crippen molar-refractivity contribution in [1.82, 2.24) is 4.90 Å². The number of amides is 1. The minimum Gasteiger partial charge on any atom is -0.481 e. The Morgan fingerprint density at radius 1 is 1.24 bits per heavy atom. The Labute approximate surface area is 122 Å². The molecule has 5 heteroatoms. The Balaban J connectivity index is 1.66. The van der Waals surface area contributed by atoms with Gasteiger partial charge in [0, 0.05) is 18.5 Å². The van der Waals surface area contributed by atoms with Crippen LogP contribution in [0.2, 0.25) is 0 Å². The average molecular weight is 291 g/mol. The minimum absolute atomic E-state index is 0.0422. The third-order valence-electron chi connectivity index (χ3n) is 4.76. The van der Waals surface area contributed by atoms with Gasteiger partial charge in [-0.1, -0.05) is 12.1 Å². The molecule has 0 spiro atoms. The number of halogens is 1. The van der Waals surface area contributed by atoms with Crippen molar-refractivity contribution in [2.45, 2.75) is 31.7 Å². The number of carbonyl (C=O) groups is 2. The van der Waals surface area contributed by atoms with Crippen LogP contribution in [0.1, 0.15) is 31.2 Å². The second kappa shape index (κ2) is 5.13. The Kier molecular flexibility index (Phi) is 3.43. The van der Waals surface area contributed by atoms with Crippen molar-refractivity contribution < 1.29 is 19.1 Å². The second-order valence-electron chi connectivity index (χ2n) is 6.01. The Morgan fingerprint density at radius 3 is 2.48 bits per heavy atom. The molecule has 1 amide bonds. The van der Waals surface area contributed by atoms with E-state index in [2.05, 4.69) is 0 Å². The largest absolute Gasteiger partial charge is 0.481 e. The zero-order valence-electron chi connectivity index (χ0n) is 11.8. The summed E-state index contributed by atoms with van der Waals surface area (Å²) in [5, 5.41) is 9.12. The van der Waals surface area contributed by atoms with E-state index >= 15 is 0 Å². The van der Waals surface area contributed by atoms with Gasteiger partial charge in [0.05, 0.1) is 5.92 Å². The molecule has 4 nitrogen and oxygen atoms in total. The third kappa shape index (κ3) is 2.52. The lowest BCUT2D eigenvalue weighted by Gasteiger charge is -2.23. The molecule has 1 aliphatic carbocycles. The van der Waals surface area contributed by atoms with Crippen molar-refractivity contribution in [3.8, 4) is 0 Å². The van der Waals surface area contributed by atoms with Gasteiger partial charge in [-0.2, -0.15) is 0 Å². The molecule has 1 saturated carbocycles. The highest BCUT2D eigenvalue weighted by atomic mass is 19.1. The first kappa shape index (κ1) is 14.0. The van der Waals surface area contributed by atoms with Crippen LogP contribution in [0.15, 0.2) is 24.3 Å². The molecule has 2 fully saturated rings. The fraction of sp³-hybridized carbons (Fsp3) is 0.500. The van der Waals surface area contributed by atoms with Gasteiger partial charge in [0.25, 0.3) is 0 Å². The average Bonchev–Trinajstić information content (AvgIpc) is 3.15. The van der Waals surface area contributed by atoms with Gasteiger partial charge in [0.2, 0.25) is 5.91 Å². The lowest BCUT2D eigenvalue weighted by molar-refractivity contribution is -0.143. The quantitative estimate of drug-likeness (QED) is 0.929. The molecule has 1 heterocycles. The summed E-state index contributed by atoms with van der Waals surface area (Å²) in [6.45, 7) is 2.32. The van der Waals surface area contributed by atoms with E-state index in [9.17, 15) is 14.0 Å². The van der Waals surface area contributed by atoms with Gasteiger partial charge in [-0.3, -0.25) is 9.59 Å². The standard InChI is InChI=1S/C16H18FNO3/c1-9-12(16(20)21)6-7-18(9)15(19)14-8-13(14)10-2-4-11(17)5-3-10/h2-5,9,12-14H,6-8H2,1H3,(H,20,21). The van der Waals surface area contributed by atoms with Crippen LogP contribution in [0.4, 0.5) is 4.39 Å². The molecule has 4 atom stereocenters. The van der Waals surface area contributed by atoms with Gasteiger partial charge in [-0.25, -0.2) is 4.39 Å². The number of carbonyl (C=O) groups excluding carboxylic acids is 1. The minimum atomic E-state index is -0.830. The Morgan fingerprint density at radius 2 is 1.90 bits per heavy atom. The molecule has 1 saturated heterocycles. The van der Waals surface area contributed by atoms with Gasteiger partial charge < -0.3 is 10.0 Å². The molecule has 0 bridgehead atoms. The van der Waals surface area contributed by atoms with Crippen molar-refractivity contribution in [2.24, 2.45) is 11.8 Å². The van der Waals surface area contributed by atoms with Crippen molar-refractivity contribution in [3.63, 3.8) is 0 Å². The van der Waals surface area contributed by atoms with E-state index in [1.54, 1.807) is 24.0 Å². The first-order valence-corrected chi connectivity index (χ1v) is 7.28. The molecule has 4 unspecified atom stereocenters. The smallest absolute Gasteiger partial charge is 0.308 e. The number of nitrogens with zero attached hydrogens (tertiary/aromatic N) is 1. The molecule has 1 aliphatic heterocycles. The van der Waals surface area contributed by atoms with Gasteiger partial charge in [-0.05, 0) is 43.4 Å². The van der Waals surface area contributed by atoms with Crippen molar-refractivity contribution in [2.75, 3.05) is 6.54 Å². The molecule has 3 rings (SSSR count). The number of hydrogen-bond acceptors (Lipinski definition) is 2. The summed E-state index contributed by atoms with van der Waals surface area (Å²) in [6.07, 6.45) is 1.29. The van der Waals surface area contributed by atoms with Crippen LogP contribution >= 0.6 is 0 Å². The molecule has 1 N–H and O–H groups in total. The summed E-state index contributed by atoms with van der Waals surface area (Å²) in [5.74, 6) is -1.46. The van der Waals surface area contributed by atoms with Crippen LogP contribution in [0.25, 0.3) is 0 Å². The first-order valence-electron chi connectivity index (χ1n) is 7.28. The summed E-state index contributed by atoms with van der Waals surface area (Å²) in [4.78, 5) is 25.3. The predicted molar refractivity (Wildman–Crippen MR) is 74.2 cm³/mol. The van der Waals surface area contributed by atoms with Crippen LogP contribution in [-0.4, -0.2) is 34.5 Å². The zero-order chi connectivity index (χ0) is 15.1. The fourth-order valence-electron chi connectivity index (χ4n) is 3.34. The maximum Gasteiger partial charge on any atom is 0.308 e. The second-order valence-corrected chi connectivity index (χ2v) is 6.01. The maximum absolute atomic E-state index is 12.9. The summed E-state index contributed by atoms with van der Waals surface area (Å²) in [5.41, 5.74) is 0.983. The van der Waals surface area contributed by atoms with Crippen LogP contribution in [-0.2, 0) is 9.59 Å². The Bertz CT molecular complexity index is 571. The molecule has 1 aromatic rings. The molecule has 21 heavy (non-hydrogen) atoms. The van der Waals surface area contributed by atoms with E-state index < -0.39 is 11.9 Å². The summed E-state index contributed by atoms with van der Waals surface area (Å²) < 4.78 is 12.9. The molecule has 1 aromatic carbocycles. The van der Waals surface area contributed by atoms with E-state index in [0.717, 1.165) is 12.0 Å². The van der Waals surface area contributed by atoms with E-state index in [1.165, 1.54) is 12.1 Å². The van der Waals surface area contributed by atoms with Crippen LogP contribution in [0.5, 0.6) is 0 Å². The van der Waals surface area contributed by atoms with Crippen LogP contribution in [0.3, 0.4) is 0 Å². The summed E-state index contributed by atoms with van der Waals surface area (Å²) >= 11 is 0. The van der Waals surface area contributed by atoms with Crippen molar-refractivity contribution >= 4 is 11.9 Å². The molecular weight excluding hydrogens is 273 g/mol. The molecule has 0 aromatic heterocycles. The SMILES string of the molecule is CC1C(C(=O)O)CCN1C(=O)C1CC1c1ccc(F)cc1. The monoisotopic (exact) mass is 291 g/mol. The van der Waals surface area contributed by atoms with E-state index in [1.807, 2.05) is 0 Å². The number of carboxylic acids is 1. The number of hydrogen-bond donors (Lipinski definition) is 1. The third-order valence-corrected chi connectivity index (χ3v) is 4.76. The highest BCUT2D eigenvalue weighted by Crippen LogP contribution is 2.49. The predicted octanol–water partition coefficient (Wildman–Crippen LogP) is 2.25. The normalized spacial score (nSPS) is 31.2. The number of aliphatic carboxylic acids is 1. The van der Waals surface area contributed by atoms with E-state index in [0.29, 0.717) is 13.0 Å². The number of benzene rings is 1. The number of rotatable bonds is 3. The van der Waals surface area contributed by atoms with Crippen molar-refractivity contribution in [3.05, 3.63) is 35.6 Å². The van der Waals surface area contributed by atoms with Crippen LogP contribution < -0.4 is 0 Å². The highest BCUT2D eigenvalue weighted by Gasteiger charge is 2.49. The topological polar surface area (TPSA) is 57.6 Å². The van der Waals surface area contributed by atoms with Gasteiger partial charge in [-0.15, -0.1) is 0 Å². The zero-order valence-corrected chi connectivity index (χ0v) is 11.8. The maximum atomic E-state index is 12.9. The first-order chi connectivity index (χ1) is 9.99.